The SMILES string of the molecule is CN(CCc1ccncc1)C(CN)c1c(F)cccc1F. The van der Waals surface area contributed by atoms with Crippen molar-refractivity contribution in [2.75, 3.05) is 20.1 Å². The van der Waals surface area contributed by atoms with Crippen molar-refractivity contribution in [1.82, 2.24) is 9.88 Å². The highest BCUT2D eigenvalue weighted by Gasteiger charge is 2.22. The molecule has 0 amide bonds. The summed E-state index contributed by atoms with van der Waals surface area (Å²) in [6.07, 6.45) is 4.23. The number of benzene rings is 1. The third-order valence-electron chi connectivity index (χ3n) is 3.59. The Morgan fingerprint density at radius 1 is 1.14 bits per heavy atom. The van der Waals surface area contributed by atoms with Gasteiger partial charge in [0.15, 0.2) is 0 Å². The quantitative estimate of drug-likeness (QED) is 0.889. The van der Waals surface area contributed by atoms with Crippen LogP contribution in [0.15, 0.2) is 42.7 Å². The summed E-state index contributed by atoms with van der Waals surface area (Å²) in [7, 11) is 1.82. The third-order valence-corrected chi connectivity index (χ3v) is 3.59. The number of hydrogen-bond donors (Lipinski definition) is 1. The van der Waals surface area contributed by atoms with Crippen LogP contribution < -0.4 is 5.73 Å². The lowest BCUT2D eigenvalue weighted by Gasteiger charge is -2.28. The van der Waals surface area contributed by atoms with Crippen LogP contribution in [0, 0.1) is 11.6 Å². The second-order valence-electron chi connectivity index (χ2n) is 4.97. The summed E-state index contributed by atoms with van der Waals surface area (Å²) in [5.41, 5.74) is 6.89. The molecule has 0 bridgehead atoms. The summed E-state index contributed by atoms with van der Waals surface area (Å²) in [4.78, 5) is 5.84. The van der Waals surface area contributed by atoms with Crippen molar-refractivity contribution in [2.24, 2.45) is 5.73 Å². The van der Waals surface area contributed by atoms with E-state index in [1.807, 2.05) is 24.1 Å². The normalized spacial score (nSPS) is 12.6. The topological polar surface area (TPSA) is 42.2 Å². The van der Waals surface area contributed by atoms with Crippen molar-refractivity contribution in [3.05, 3.63) is 65.5 Å². The van der Waals surface area contributed by atoms with Crippen molar-refractivity contribution in [3.63, 3.8) is 0 Å². The molecule has 1 heterocycles. The average Bonchev–Trinajstić information content (AvgIpc) is 2.50. The minimum absolute atomic E-state index is 0.0391. The smallest absolute Gasteiger partial charge is 0.130 e. The van der Waals surface area contributed by atoms with E-state index in [9.17, 15) is 8.78 Å². The van der Waals surface area contributed by atoms with E-state index in [1.165, 1.54) is 18.2 Å². The van der Waals surface area contributed by atoms with Crippen LogP contribution in [-0.4, -0.2) is 30.0 Å². The number of nitrogens with two attached hydrogens (primary N) is 1. The number of pyridine rings is 1. The Bertz CT molecular complexity index is 555. The van der Waals surface area contributed by atoms with E-state index in [4.69, 9.17) is 5.73 Å². The van der Waals surface area contributed by atoms with Crippen LogP contribution in [0.4, 0.5) is 8.78 Å². The Balaban J connectivity index is 2.10. The van der Waals surface area contributed by atoms with Gasteiger partial charge in [-0.1, -0.05) is 6.07 Å². The summed E-state index contributed by atoms with van der Waals surface area (Å²) in [6.45, 7) is 0.810. The number of nitrogens with zero attached hydrogens (tertiary/aromatic N) is 2. The van der Waals surface area contributed by atoms with E-state index in [1.54, 1.807) is 12.4 Å². The third kappa shape index (κ3) is 3.83. The second-order valence-corrected chi connectivity index (χ2v) is 4.97. The Morgan fingerprint density at radius 2 is 1.76 bits per heavy atom. The lowest BCUT2D eigenvalue weighted by molar-refractivity contribution is 0.242. The van der Waals surface area contributed by atoms with Gasteiger partial charge in [-0.3, -0.25) is 9.88 Å². The van der Waals surface area contributed by atoms with Gasteiger partial charge in [-0.25, -0.2) is 8.78 Å². The molecule has 1 aromatic heterocycles. The van der Waals surface area contributed by atoms with E-state index < -0.39 is 17.7 Å². The van der Waals surface area contributed by atoms with E-state index in [0.29, 0.717) is 6.54 Å². The maximum atomic E-state index is 13.9. The molecule has 1 atom stereocenters. The van der Waals surface area contributed by atoms with Gasteiger partial charge in [-0.2, -0.15) is 0 Å². The molecule has 5 heteroatoms. The highest BCUT2D eigenvalue weighted by Crippen LogP contribution is 2.24. The Kier molecular flexibility index (Phi) is 5.36. The van der Waals surface area contributed by atoms with E-state index in [-0.39, 0.29) is 12.1 Å². The Hall–Kier alpha value is -1.85. The first-order valence-electron chi connectivity index (χ1n) is 6.86. The summed E-state index contributed by atoms with van der Waals surface area (Å²) in [6, 6.07) is 7.26. The molecular weight excluding hydrogens is 272 g/mol. The maximum absolute atomic E-state index is 13.9. The molecule has 0 saturated carbocycles. The number of rotatable bonds is 6. The summed E-state index contributed by atoms with van der Waals surface area (Å²) in [5.74, 6) is -1.11. The van der Waals surface area contributed by atoms with Gasteiger partial charge in [-0.15, -0.1) is 0 Å². The fourth-order valence-corrected chi connectivity index (χ4v) is 2.36. The lowest BCUT2D eigenvalue weighted by Crippen LogP contribution is -2.33. The lowest BCUT2D eigenvalue weighted by atomic mass is 10.0. The second kappa shape index (κ2) is 7.24. The first-order valence-corrected chi connectivity index (χ1v) is 6.86. The van der Waals surface area contributed by atoms with Crippen LogP contribution in [0.1, 0.15) is 17.2 Å². The van der Waals surface area contributed by atoms with Gasteiger partial charge in [0.2, 0.25) is 0 Å². The van der Waals surface area contributed by atoms with Gasteiger partial charge in [-0.05, 0) is 43.3 Å². The van der Waals surface area contributed by atoms with Gasteiger partial charge in [0.05, 0.1) is 6.04 Å². The van der Waals surface area contributed by atoms with Crippen LogP contribution in [0.5, 0.6) is 0 Å². The zero-order valence-corrected chi connectivity index (χ0v) is 12.0. The van der Waals surface area contributed by atoms with Crippen LogP contribution in [-0.2, 0) is 6.42 Å². The first-order chi connectivity index (χ1) is 10.1. The minimum atomic E-state index is -0.554. The van der Waals surface area contributed by atoms with Crippen molar-refractivity contribution in [3.8, 4) is 0 Å². The first kappa shape index (κ1) is 15.5. The minimum Gasteiger partial charge on any atom is -0.329 e. The van der Waals surface area contributed by atoms with Crippen molar-refractivity contribution in [2.45, 2.75) is 12.5 Å². The zero-order chi connectivity index (χ0) is 15.2. The molecule has 0 saturated heterocycles. The molecule has 0 radical (unpaired) electrons. The predicted octanol–water partition coefficient (Wildman–Crippen LogP) is 2.53. The molecule has 3 nitrogen and oxygen atoms in total. The van der Waals surface area contributed by atoms with E-state index in [0.717, 1.165) is 12.0 Å². The molecule has 112 valence electrons. The Morgan fingerprint density at radius 3 is 2.33 bits per heavy atom. The van der Waals surface area contributed by atoms with Crippen molar-refractivity contribution >= 4 is 0 Å². The molecule has 1 aromatic carbocycles. The fraction of sp³-hybridized carbons (Fsp3) is 0.312. The molecule has 21 heavy (non-hydrogen) atoms. The highest BCUT2D eigenvalue weighted by molar-refractivity contribution is 5.24. The molecule has 0 fully saturated rings. The Labute approximate surface area is 123 Å². The number of hydrogen-bond acceptors (Lipinski definition) is 3. The zero-order valence-electron chi connectivity index (χ0n) is 12.0. The monoisotopic (exact) mass is 291 g/mol. The average molecular weight is 291 g/mol. The van der Waals surface area contributed by atoms with E-state index in [2.05, 4.69) is 4.98 Å². The summed E-state index contributed by atoms with van der Waals surface area (Å²) < 4.78 is 27.8. The molecule has 2 N–H and O–H groups in total. The molecule has 0 aliphatic rings. The summed E-state index contributed by atoms with van der Waals surface area (Å²) in [5, 5.41) is 0. The predicted molar refractivity (Wildman–Crippen MR) is 78.7 cm³/mol. The molecule has 1 unspecified atom stereocenters. The highest BCUT2D eigenvalue weighted by atomic mass is 19.1. The molecule has 0 aliphatic carbocycles. The van der Waals surface area contributed by atoms with Gasteiger partial charge < -0.3 is 5.73 Å². The van der Waals surface area contributed by atoms with Crippen LogP contribution >= 0.6 is 0 Å². The van der Waals surface area contributed by atoms with Crippen LogP contribution in [0.25, 0.3) is 0 Å². The molecule has 2 rings (SSSR count). The van der Waals surface area contributed by atoms with Crippen LogP contribution in [0.2, 0.25) is 0 Å². The molecule has 0 spiro atoms. The molecular formula is C16H19F2N3. The molecule has 0 aliphatic heterocycles. The number of aromatic nitrogens is 1. The number of halogens is 2. The fourth-order valence-electron chi connectivity index (χ4n) is 2.36. The summed E-state index contributed by atoms with van der Waals surface area (Å²) >= 11 is 0. The van der Waals surface area contributed by atoms with Gasteiger partial charge >= 0.3 is 0 Å². The van der Waals surface area contributed by atoms with Gasteiger partial charge in [0, 0.05) is 31.0 Å². The van der Waals surface area contributed by atoms with E-state index >= 15 is 0 Å². The largest absolute Gasteiger partial charge is 0.329 e. The van der Waals surface area contributed by atoms with Gasteiger partial charge in [0.1, 0.15) is 11.6 Å². The van der Waals surface area contributed by atoms with Crippen LogP contribution in [0.3, 0.4) is 0 Å². The van der Waals surface area contributed by atoms with Crippen molar-refractivity contribution < 1.29 is 8.78 Å². The molecule has 2 aromatic rings. The van der Waals surface area contributed by atoms with Crippen molar-refractivity contribution in [1.29, 1.82) is 0 Å². The standard InChI is InChI=1S/C16H19F2N3/c1-21(10-7-12-5-8-20-9-6-12)15(11-19)16-13(17)3-2-4-14(16)18/h2-6,8-9,15H,7,10-11,19H2,1H3. The number of likely N-dealkylation sites (N-methyl/N-ethyl adjacent to an activating group) is 1. The maximum Gasteiger partial charge on any atom is 0.130 e. The van der Waals surface area contributed by atoms with Gasteiger partial charge in [0.25, 0.3) is 0 Å².